The third-order valence-electron chi connectivity index (χ3n) is 3.36. The highest BCUT2D eigenvalue weighted by molar-refractivity contribution is 6.37. The van der Waals surface area contributed by atoms with Gasteiger partial charge in [0.25, 0.3) is 5.91 Å². The smallest absolute Gasteiger partial charge is 0.331 e. The summed E-state index contributed by atoms with van der Waals surface area (Å²) in [6.07, 6.45) is 1.73. The van der Waals surface area contributed by atoms with Crippen LogP contribution in [0.5, 0.6) is 0 Å². The van der Waals surface area contributed by atoms with Gasteiger partial charge in [-0.05, 0) is 30.7 Å². The van der Waals surface area contributed by atoms with Gasteiger partial charge in [0.15, 0.2) is 6.10 Å². The van der Waals surface area contributed by atoms with E-state index in [1.165, 1.54) is 19.1 Å². The summed E-state index contributed by atoms with van der Waals surface area (Å²) in [5.74, 6) is -1.03. The fourth-order valence-electron chi connectivity index (χ4n) is 2.02. The van der Waals surface area contributed by atoms with Gasteiger partial charge in [0.1, 0.15) is 0 Å². The number of amides is 1. The van der Waals surface area contributed by atoms with E-state index in [1.807, 2.05) is 30.3 Å². The number of hydrogen-bond acceptors (Lipinski definition) is 3. The van der Waals surface area contributed by atoms with Gasteiger partial charge in [-0.1, -0.05) is 59.6 Å². The number of benzene rings is 2. The fourth-order valence-corrected chi connectivity index (χ4v) is 2.54. The Labute approximate surface area is 156 Å². The fraction of sp³-hybridized carbons (Fsp3) is 0.158. The monoisotopic (exact) mass is 377 g/mol. The first-order chi connectivity index (χ1) is 12.0. The van der Waals surface area contributed by atoms with Gasteiger partial charge < -0.3 is 10.1 Å². The second-order valence-electron chi connectivity index (χ2n) is 5.25. The van der Waals surface area contributed by atoms with E-state index in [1.54, 1.807) is 18.2 Å². The minimum absolute atomic E-state index is 0.368. The van der Waals surface area contributed by atoms with E-state index in [0.717, 1.165) is 5.56 Å². The van der Waals surface area contributed by atoms with Gasteiger partial charge in [-0.2, -0.15) is 0 Å². The molecule has 2 aromatic carbocycles. The molecule has 0 saturated heterocycles. The van der Waals surface area contributed by atoms with Gasteiger partial charge in [0.05, 0.1) is 0 Å². The maximum absolute atomic E-state index is 12.0. The van der Waals surface area contributed by atoms with E-state index in [0.29, 0.717) is 22.2 Å². The van der Waals surface area contributed by atoms with Gasteiger partial charge in [-0.3, -0.25) is 4.79 Å². The zero-order valence-electron chi connectivity index (χ0n) is 13.5. The summed E-state index contributed by atoms with van der Waals surface area (Å²) < 4.78 is 5.08. The zero-order chi connectivity index (χ0) is 18.2. The Bertz CT molecular complexity index is 755. The summed E-state index contributed by atoms with van der Waals surface area (Å²) in [5.41, 5.74) is 1.48. The third-order valence-corrected chi connectivity index (χ3v) is 4.02. The predicted molar refractivity (Wildman–Crippen MR) is 99.3 cm³/mol. The lowest BCUT2D eigenvalue weighted by Gasteiger charge is -2.12. The quantitative estimate of drug-likeness (QED) is 0.604. The molecule has 0 aliphatic heterocycles. The molecule has 4 nitrogen and oxygen atoms in total. The number of ether oxygens (including phenoxy) is 1. The van der Waals surface area contributed by atoms with Crippen LogP contribution in [0.2, 0.25) is 10.0 Å². The first-order valence-electron chi connectivity index (χ1n) is 7.61. The maximum Gasteiger partial charge on any atom is 0.331 e. The minimum Gasteiger partial charge on any atom is -0.449 e. The molecule has 130 valence electrons. The molecule has 0 radical (unpaired) electrons. The van der Waals surface area contributed by atoms with Gasteiger partial charge >= 0.3 is 5.97 Å². The summed E-state index contributed by atoms with van der Waals surface area (Å²) in [6, 6.07) is 14.5. The molecular formula is C19H17Cl2NO3. The topological polar surface area (TPSA) is 55.4 Å². The van der Waals surface area contributed by atoms with Crippen LogP contribution in [0, 0.1) is 0 Å². The molecule has 0 aliphatic rings. The molecule has 2 aromatic rings. The van der Waals surface area contributed by atoms with Crippen molar-refractivity contribution in [3.8, 4) is 0 Å². The first-order valence-corrected chi connectivity index (χ1v) is 8.37. The van der Waals surface area contributed by atoms with Crippen molar-refractivity contribution in [1.29, 1.82) is 0 Å². The molecule has 0 saturated carbocycles. The highest BCUT2D eigenvalue weighted by Crippen LogP contribution is 2.25. The van der Waals surface area contributed by atoms with Crippen LogP contribution in [0.25, 0.3) is 6.08 Å². The minimum atomic E-state index is -0.914. The molecule has 1 amide bonds. The zero-order valence-corrected chi connectivity index (χ0v) is 15.1. The number of nitrogens with one attached hydrogen (secondary N) is 1. The Balaban J connectivity index is 1.87. The Morgan fingerprint density at radius 1 is 1.08 bits per heavy atom. The Hall–Kier alpha value is -2.30. The van der Waals surface area contributed by atoms with E-state index in [9.17, 15) is 9.59 Å². The van der Waals surface area contributed by atoms with Crippen molar-refractivity contribution in [2.45, 2.75) is 19.6 Å². The summed E-state index contributed by atoms with van der Waals surface area (Å²) in [6.45, 7) is 1.88. The normalized spacial score (nSPS) is 12.0. The lowest BCUT2D eigenvalue weighted by atomic mass is 10.2. The highest BCUT2D eigenvalue weighted by Gasteiger charge is 2.16. The van der Waals surface area contributed by atoms with Crippen molar-refractivity contribution in [1.82, 2.24) is 5.32 Å². The van der Waals surface area contributed by atoms with Crippen LogP contribution in [0.1, 0.15) is 18.1 Å². The number of carbonyl (C=O) groups excluding carboxylic acids is 2. The van der Waals surface area contributed by atoms with Crippen LogP contribution >= 0.6 is 23.2 Å². The Morgan fingerprint density at radius 3 is 2.36 bits per heavy atom. The Morgan fingerprint density at radius 2 is 1.72 bits per heavy atom. The summed E-state index contributed by atoms with van der Waals surface area (Å²) in [5, 5.41) is 3.56. The maximum atomic E-state index is 12.0. The van der Waals surface area contributed by atoms with Crippen LogP contribution < -0.4 is 5.32 Å². The number of halogens is 2. The van der Waals surface area contributed by atoms with Crippen LogP contribution in [0.15, 0.2) is 54.6 Å². The molecule has 0 spiro atoms. The van der Waals surface area contributed by atoms with Crippen molar-refractivity contribution < 1.29 is 14.3 Å². The summed E-state index contributed by atoms with van der Waals surface area (Å²) >= 11 is 12.0. The van der Waals surface area contributed by atoms with Crippen LogP contribution in [0.4, 0.5) is 0 Å². The van der Waals surface area contributed by atoms with E-state index < -0.39 is 12.1 Å². The van der Waals surface area contributed by atoms with Gasteiger partial charge in [-0.15, -0.1) is 0 Å². The number of esters is 1. The molecule has 0 bridgehead atoms. The molecule has 0 aromatic heterocycles. The van der Waals surface area contributed by atoms with Crippen molar-refractivity contribution in [2.24, 2.45) is 0 Å². The molecule has 0 aliphatic carbocycles. The average Bonchev–Trinajstić information content (AvgIpc) is 2.60. The van der Waals surface area contributed by atoms with Crippen molar-refractivity contribution in [3.05, 3.63) is 75.8 Å². The molecular weight excluding hydrogens is 361 g/mol. The van der Waals surface area contributed by atoms with Gasteiger partial charge in [0.2, 0.25) is 0 Å². The molecule has 0 fully saturated rings. The van der Waals surface area contributed by atoms with E-state index in [4.69, 9.17) is 27.9 Å². The number of rotatable bonds is 6. The largest absolute Gasteiger partial charge is 0.449 e. The van der Waals surface area contributed by atoms with E-state index in [-0.39, 0.29) is 5.91 Å². The lowest BCUT2D eigenvalue weighted by molar-refractivity contribution is -0.150. The van der Waals surface area contributed by atoms with E-state index >= 15 is 0 Å². The van der Waals surface area contributed by atoms with Crippen LogP contribution in [-0.2, 0) is 20.9 Å². The molecule has 0 unspecified atom stereocenters. The second kappa shape index (κ2) is 9.25. The van der Waals surface area contributed by atoms with Crippen molar-refractivity contribution in [2.75, 3.05) is 0 Å². The lowest BCUT2D eigenvalue weighted by Crippen LogP contribution is -2.35. The first kappa shape index (κ1) is 19.0. The molecule has 6 heteroatoms. The third kappa shape index (κ3) is 5.93. The molecule has 0 heterocycles. The van der Waals surface area contributed by atoms with E-state index in [2.05, 4.69) is 5.32 Å². The molecule has 1 atom stereocenters. The Kier molecular flexibility index (Phi) is 7.04. The molecule has 25 heavy (non-hydrogen) atoms. The summed E-state index contributed by atoms with van der Waals surface area (Å²) in [7, 11) is 0. The highest BCUT2D eigenvalue weighted by atomic mass is 35.5. The standard InChI is InChI=1S/C19H17Cl2NO3/c1-13(19(24)22-12-14-6-3-2-4-7-14)25-18(23)11-10-15-16(20)8-5-9-17(15)21/h2-11,13H,12H2,1H3,(H,22,24)/b11-10+/t13-/m1/s1. The second-order valence-corrected chi connectivity index (χ2v) is 6.07. The average molecular weight is 378 g/mol. The van der Waals surface area contributed by atoms with Crippen LogP contribution in [0.3, 0.4) is 0 Å². The van der Waals surface area contributed by atoms with Crippen molar-refractivity contribution >= 4 is 41.2 Å². The van der Waals surface area contributed by atoms with Crippen molar-refractivity contribution in [3.63, 3.8) is 0 Å². The SMILES string of the molecule is C[C@@H](OC(=O)/C=C/c1c(Cl)cccc1Cl)C(=O)NCc1ccccc1. The van der Waals surface area contributed by atoms with Gasteiger partial charge in [0, 0.05) is 28.2 Å². The number of hydrogen-bond donors (Lipinski definition) is 1. The number of carbonyl (C=O) groups is 2. The van der Waals surface area contributed by atoms with Crippen LogP contribution in [-0.4, -0.2) is 18.0 Å². The molecule has 1 N–H and O–H groups in total. The predicted octanol–water partition coefficient (Wildman–Crippen LogP) is 4.25. The summed E-state index contributed by atoms with van der Waals surface area (Å²) in [4.78, 5) is 23.8. The molecule has 2 rings (SSSR count). The van der Waals surface area contributed by atoms with Gasteiger partial charge in [-0.25, -0.2) is 4.79 Å².